The van der Waals surface area contributed by atoms with E-state index in [1.807, 2.05) is 22.6 Å². The number of likely N-dealkylation sites (N-methyl/N-ethyl adjacent to an activating group) is 1. The average molecular weight is 567 g/mol. The van der Waals surface area contributed by atoms with Crippen molar-refractivity contribution in [3.05, 3.63) is 25.8 Å². The van der Waals surface area contributed by atoms with Crippen molar-refractivity contribution in [2.75, 3.05) is 52.4 Å². The molecule has 180 valence electrons. The lowest BCUT2D eigenvalue weighted by Gasteiger charge is -2.25. The van der Waals surface area contributed by atoms with Crippen LogP contribution in [-0.2, 0) is 9.53 Å². The molecule has 2 atom stereocenters. The molecule has 0 spiro atoms. The molecule has 3 amide bonds. The van der Waals surface area contributed by atoms with Gasteiger partial charge in [-0.15, -0.1) is 0 Å². The lowest BCUT2D eigenvalue weighted by molar-refractivity contribution is -0.119. The summed E-state index contributed by atoms with van der Waals surface area (Å²) in [6.07, 6.45) is -2.30. The monoisotopic (exact) mass is 567 g/mol. The number of aliphatic hydroxyl groups is 4. The first kappa shape index (κ1) is 28.2. The topological polar surface area (TPSA) is 169 Å². The highest BCUT2D eigenvalue weighted by Crippen LogP contribution is 2.34. The van der Waals surface area contributed by atoms with Crippen molar-refractivity contribution >= 4 is 46.0 Å². The minimum absolute atomic E-state index is 0.128. The van der Waals surface area contributed by atoms with E-state index >= 15 is 0 Å². The zero-order chi connectivity index (χ0) is 24.6. The summed E-state index contributed by atoms with van der Waals surface area (Å²) in [7, 11) is 2.80. The molecule has 6 N–H and O–H groups in total. The van der Waals surface area contributed by atoms with Crippen LogP contribution in [0.15, 0.2) is 0 Å². The summed E-state index contributed by atoms with van der Waals surface area (Å²) in [6, 6.07) is 0. The van der Waals surface area contributed by atoms with Gasteiger partial charge in [0.15, 0.2) is 0 Å². The number of hydrogen-bond acceptors (Lipinski definition) is 8. The third-order valence-electron chi connectivity index (χ3n) is 4.67. The van der Waals surface area contributed by atoms with E-state index in [1.54, 1.807) is 13.8 Å². The van der Waals surface area contributed by atoms with Crippen molar-refractivity contribution in [3.63, 3.8) is 0 Å². The molecule has 0 aliphatic carbocycles. The molecule has 1 aromatic carbocycles. The molecule has 12 heteroatoms. The predicted molar refractivity (Wildman–Crippen MR) is 125 cm³/mol. The van der Waals surface area contributed by atoms with E-state index in [0.29, 0.717) is 14.7 Å². The van der Waals surface area contributed by atoms with Gasteiger partial charge in [-0.1, -0.05) is 0 Å². The normalized spacial score (nSPS) is 12.8. The van der Waals surface area contributed by atoms with Gasteiger partial charge in [0.1, 0.15) is 6.61 Å². The van der Waals surface area contributed by atoms with Crippen LogP contribution in [0.5, 0.6) is 0 Å². The number of anilines is 1. The molecule has 0 fully saturated rings. The van der Waals surface area contributed by atoms with Crippen molar-refractivity contribution < 1.29 is 39.5 Å². The van der Waals surface area contributed by atoms with Gasteiger partial charge in [-0.05, 0) is 47.6 Å². The molecule has 0 aliphatic heterocycles. The molecule has 0 saturated heterocycles. The average Bonchev–Trinajstić information content (AvgIpc) is 2.74. The second-order valence-electron chi connectivity index (χ2n) is 7.24. The summed E-state index contributed by atoms with van der Waals surface area (Å²) in [5, 5.41) is 42.5. The standard InChI is InChI=1S/C20H30IN3O8/c1-10-15(19(30)22-5-12(27)7-25)11(2)18(23-14(29)9-32-4)17(21)16(10)20(31)24(3)6-13(28)8-26/h12-13,25-28H,5-9H2,1-4H3,(H,22,30)(H,23,29). The SMILES string of the molecule is COCC(=O)Nc1c(C)c(C(=O)NCC(O)CO)c(C)c(C(=O)N(C)CC(O)CO)c1I. The van der Waals surface area contributed by atoms with Gasteiger partial charge in [0.2, 0.25) is 5.91 Å². The fraction of sp³-hybridized carbons (Fsp3) is 0.550. The number of ether oxygens (including phenoxy) is 1. The molecule has 0 saturated carbocycles. The van der Waals surface area contributed by atoms with Crippen molar-refractivity contribution in [3.8, 4) is 0 Å². The van der Waals surface area contributed by atoms with Gasteiger partial charge in [-0.3, -0.25) is 14.4 Å². The number of methoxy groups -OCH3 is 1. The van der Waals surface area contributed by atoms with Gasteiger partial charge >= 0.3 is 0 Å². The Morgan fingerprint density at radius 3 is 2.19 bits per heavy atom. The number of amides is 3. The third-order valence-corrected chi connectivity index (χ3v) is 5.75. The molecule has 32 heavy (non-hydrogen) atoms. The van der Waals surface area contributed by atoms with E-state index in [2.05, 4.69) is 10.6 Å². The third kappa shape index (κ3) is 7.08. The summed E-state index contributed by atoms with van der Waals surface area (Å²) >= 11 is 1.90. The van der Waals surface area contributed by atoms with Gasteiger partial charge < -0.3 is 40.7 Å². The van der Waals surface area contributed by atoms with Gasteiger partial charge in [0.05, 0.1) is 36.7 Å². The number of aliphatic hydroxyl groups excluding tert-OH is 4. The maximum Gasteiger partial charge on any atom is 0.255 e. The Bertz CT molecular complexity index is 849. The van der Waals surface area contributed by atoms with E-state index in [9.17, 15) is 24.6 Å². The number of hydrogen-bond donors (Lipinski definition) is 6. The smallest absolute Gasteiger partial charge is 0.255 e. The first-order valence-corrected chi connectivity index (χ1v) is 10.8. The second-order valence-corrected chi connectivity index (χ2v) is 8.32. The van der Waals surface area contributed by atoms with Crippen molar-refractivity contribution in [2.24, 2.45) is 0 Å². The van der Waals surface area contributed by atoms with E-state index in [0.717, 1.165) is 0 Å². The summed E-state index contributed by atoms with van der Waals surface area (Å²) in [5.41, 5.74) is 1.27. The van der Waals surface area contributed by atoms with Crippen molar-refractivity contribution in [1.29, 1.82) is 0 Å². The summed E-state index contributed by atoms with van der Waals surface area (Å²) in [5.74, 6) is -1.61. The summed E-state index contributed by atoms with van der Waals surface area (Å²) in [4.78, 5) is 39.5. The number of nitrogens with one attached hydrogen (secondary N) is 2. The molecule has 2 unspecified atom stereocenters. The van der Waals surface area contributed by atoms with Gasteiger partial charge in [0.25, 0.3) is 11.8 Å². The minimum Gasteiger partial charge on any atom is -0.394 e. The number of carbonyl (C=O) groups excluding carboxylic acids is 3. The fourth-order valence-corrected chi connectivity index (χ4v) is 4.22. The number of rotatable bonds is 11. The fourth-order valence-electron chi connectivity index (χ4n) is 3.05. The molecule has 1 aromatic rings. The Morgan fingerprint density at radius 1 is 1.06 bits per heavy atom. The van der Waals surface area contributed by atoms with E-state index in [-0.39, 0.29) is 36.5 Å². The lowest BCUT2D eigenvalue weighted by Crippen LogP contribution is -2.38. The Hall–Kier alpha value is -1.84. The Morgan fingerprint density at radius 2 is 1.66 bits per heavy atom. The van der Waals surface area contributed by atoms with Crippen LogP contribution in [0.1, 0.15) is 31.8 Å². The number of benzene rings is 1. The van der Waals surface area contributed by atoms with Crippen molar-refractivity contribution in [1.82, 2.24) is 10.2 Å². The molecule has 1 rings (SSSR count). The molecule has 11 nitrogen and oxygen atoms in total. The lowest BCUT2D eigenvalue weighted by atomic mass is 9.94. The highest BCUT2D eigenvalue weighted by molar-refractivity contribution is 14.1. The minimum atomic E-state index is -1.16. The zero-order valence-electron chi connectivity index (χ0n) is 18.4. The maximum atomic E-state index is 13.2. The number of carbonyl (C=O) groups is 3. The van der Waals surface area contributed by atoms with Crippen molar-refractivity contribution in [2.45, 2.75) is 26.1 Å². The Kier molecular flexibility index (Phi) is 11.5. The van der Waals surface area contributed by atoms with Crippen LogP contribution in [0.2, 0.25) is 0 Å². The highest BCUT2D eigenvalue weighted by atomic mass is 127. The van der Waals surface area contributed by atoms with E-state index in [1.165, 1.54) is 19.1 Å². The number of halogens is 1. The maximum absolute atomic E-state index is 13.2. The van der Waals surface area contributed by atoms with Crippen LogP contribution in [0.3, 0.4) is 0 Å². The van der Waals surface area contributed by atoms with Gasteiger partial charge in [0, 0.05) is 36.4 Å². The van der Waals surface area contributed by atoms with Gasteiger partial charge in [-0.2, -0.15) is 0 Å². The predicted octanol–water partition coefficient (Wildman–Crippen LogP) is -0.999. The largest absolute Gasteiger partial charge is 0.394 e. The van der Waals surface area contributed by atoms with Crippen LogP contribution < -0.4 is 10.6 Å². The molecular formula is C20H30IN3O8. The van der Waals surface area contributed by atoms with Crippen LogP contribution in [-0.4, -0.2) is 102 Å². The summed E-state index contributed by atoms with van der Waals surface area (Å²) in [6.45, 7) is 1.54. The Balaban J connectivity index is 3.57. The van der Waals surface area contributed by atoms with E-state index in [4.69, 9.17) is 14.9 Å². The first-order valence-electron chi connectivity index (χ1n) is 9.72. The Labute approximate surface area is 199 Å². The highest BCUT2D eigenvalue weighted by Gasteiger charge is 2.29. The van der Waals surface area contributed by atoms with Crippen LogP contribution in [0.25, 0.3) is 0 Å². The molecule has 0 aromatic heterocycles. The molecular weight excluding hydrogens is 537 g/mol. The van der Waals surface area contributed by atoms with Crippen LogP contribution >= 0.6 is 22.6 Å². The molecule has 0 bridgehead atoms. The van der Waals surface area contributed by atoms with Gasteiger partial charge in [-0.25, -0.2) is 0 Å². The van der Waals surface area contributed by atoms with Crippen LogP contribution in [0.4, 0.5) is 5.69 Å². The van der Waals surface area contributed by atoms with Crippen LogP contribution in [0, 0.1) is 17.4 Å². The second kappa shape index (κ2) is 13.0. The number of nitrogens with zero attached hydrogens (tertiary/aromatic N) is 1. The quantitative estimate of drug-likeness (QED) is 0.185. The molecule has 0 heterocycles. The summed E-state index contributed by atoms with van der Waals surface area (Å²) < 4.78 is 5.23. The van der Waals surface area contributed by atoms with E-state index < -0.39 is 43.1 Å². The molecule has 0 radical (unpaired) electrons. The first-order chi connectivity index (χ1) is 15.0. The zero-order valence-corrected chi connectivity index (χ0v) is 20.6. The molecule has 0 aliphatic rings.